The molecule has 0 saturated carbocycles. The van der Waals surface area contributed by atoms with Gasteiger partial charge in [-0.3, -0.25) is 4.79 Å². The van der Waals surface area contributed by atoms with E-state index in [9.17, 15) is 22.0 Å². The van der Waals surface area contributed by atoms with Crippen molar-refractivity contribution in [2.45, 2.75) is 40.3 Å². The van der Waals surface area contributed by atoms with Crippen molar-refractivity contribution in [3.63, 3.8) is 0 Å². The molecule has 1 fully saturated rings. The molecule has 0 radical (unpaired) electrons. The lowest BCUT2D eigenvalue weighted by Crippen LogP contribution is -2.47. The second kappa shape index (κ2) is 6.78. The SMILES string of the molecule is C=IC(F)(F)c1cccc(S(=O)(=O)C(C)(C)[C@H]2CCNC(=O)C2)c1. The van der Waals surface area contributed by atoms with Crippen molar-refractivity contribution in [2.24, 2.45) is 5.92 Å². The highest BCUT2D eigenvalue weighted by Crippen LogP contribution is 2.41. The van der Waals surface area contributed by atoms with Gasteiger partial charge < -0.3 is 5.32 Å². The molecule has 134 valence electrons. The van der Waals surface area contributed by atoms with Crippen LogP contribution in [0.25, 0.3) is 0 Å². The first-order chi connectivity index (χ1) is 11.0. The van der Waals surface area contributed by atoms with Gasteiger partial charge in [0.05, 0.1) is 9.64 Å². The van der Waals surface area contributed by atoms with Gasteiger partial charge in [0, 0.05) is 18.5 Å². The number of benzene rings is 1. The van der Waals surface area contributed by atoms with Gasteiger partial charge in [-0.05, 0) is 59.0 Å². The molecule has 1 heterocycles. The minimum atomic E-state index is -3.87. The van der Waals surface area contributed by atoms with Crippen LogP contribution in [0.15, 0.2) is 29.2 Å². The number of hydrogen-bond donors (Lipinski definition) is 1. The molecule has 1 aliphatic rings. The van der Waals surface area contributed by atoms with Crippen molar-refractivity contribution in [3.05, 3.63) is 29.8 Å². The Bertz CT molecular complexity index is 762. The molecule has 4 nitrogen and oxygen atoms in total. The first-order valence-electron chi connectivity index (χ1n) is 7.41. The fraction of sp³-hybridized carbons (Fsp3) is 0.500. The Morgan fingerprint density at radius 3 is 2.58 bits per heavy atom. The number of hydrogen-bond acceptors (Lipinski definition) is 3. The maximum absolute atomic E-state index is 13.9. The summed E-state index contributed by atoms with van der Waals surface area (Å²) in [6.07, 6.45) is 0.657. The predicted molar refractivity (Wildman–Crippen MR) is 98.5 cm³/mol. The van der Waals surface area contributed by atoms with E-state index in [1.165, 1.54) is 18.2 Å². The molecule has 1 atom stereocenters. The van der Waals surface area contributed by atoms with E-state index in [1.54, 1.807) is 13.8 Å². The van der Waals surface area contributed by atoms with Gasteiger partial charge in [0.2, 0.25) is 5.91 Å². The number of nitrogens with one attached hydrogen (secondary N) is 1. The van der Waals surface area contributed by atoms with Crippen LogP contribution in [0.4, 0.5) is 8.78 Å². The van der Waals surface area contributed by atoms with E-state index in [0.717, 1.165) is 6.07 Å². The Balaban J connectivity index is 2.44. The lowest BCUT2D eigenvalue weighted by Gasteiger charge is -2.36. The van der Waals surface area contributed by atoms with E-state index < -0.39 is 39.2 Å². The van der Waals surface area contributed by atoms with Crippen molar-refractivity contribution in [2.75, 3.05) is 6.54 Å². The standard InChI is InChI=1S/C16H20F2INO3S/c1-15(2,11-7-8-20-14(21)10-11)24(22,23)13-6-4-5-12(9-13)16(17,18)19-3/h4-6,9,11H,3,7-8,10H2,1-2H3,(H,20,21)/t11-/m0/s1. The zero-order chi connectivity index (χ0) is 18.2. The van der Waals surface area contributed by atoms with E-state index in [0.29, 0.717) is 13.0 Å². The number of carbonyl (C=O) groups excluding carboxylic acids is 1. The second-order valence-corrected chi connectivity index (χ2v) is 11.0. The van der Waals surface area contributed by atoms with Crippen LogP contribution in [0.1, 0.15) is 32.3 Å². The third kappa shape index (κ3) is 3.54. The second-order valence-electron chi connectivity index (χ2n) is 6.31. The van der Waals surface area contributed by atoms with Gasteiger partial charge in [0.15, 0.2) is 9.84 Å². The summed E-state index contributed by atoms with van der Waals surface area (Å²) >= 11 is -1.65. The first kappa shape index (κ1) is 19.4. The third-order valence-corrected chi connectivity index (χ3v) is 8.74. The summed E-state index contributed by atoms with van der Waals surface area (Å²) in [7, 11) is -3.87. The zero-order valence-electron chi connectivity index (χ0n) is 13.5. The Kier molecular flexibility index (Phi) is 5.49. The highest BCUT2D eigenvalue weighted by molar-refractivity contribution is 14.2. The van der Waals surface area contributed by atoms with Crippen LogP contribution in [-0.2, 0) is 18.6 Å². The van der Waals surface area contributed by atoms with Crippen molar-refractivity contribution in [1.82, 2.24) is 5.32 Å². The summed E-state index contributed by atoms with van der Waals surface area (Å²) in [5.74, 6) is -0.544. The fourth-order valence-electron chi connectivity index (χ4n) is 2.82. The maximum atomic E-state index is 13.9. The van der Waals surface area contributed by atoms with Gasteiger partial charge in [-0.1, -0.05) is 16.6 Å². The van der Waals surface area contributed by atoms with Gasteiger partial charge >= 0.3 is 3.93 Å². The summed E-state index contributed by atoms with van der Waals surface area (Å²) in [5.41, 5.74) is -0.316. The molecular weight excluding hydrogens is 451 g/mol. The van der Waals surface area contributed by atoms with Crippen LogP contribution in [-0.4, -0.2) is 30.1 Å². The van der Waals surface area contributed by atoms with Crippen LogP contribution in [0.2, 0.25) is 0 Å². The molecule has 0 unspecified atom stereocenters. The monoisotopic (exact) mass is 471 g/mol. The number of sulfone groups is 1. The van der Waals surface area contributed by atoms with Crippen molar-refractivity contribution < 1.29 is 22.0 Å². The summed E-state index contributed by atoms with van der Waals surface area (Å²) in [5, 5.41) is 2.68. The molecule has 1 aromatic carbocycles. The predicted octanol–water partition coefficient (Wildman–Crippen LogP) is 3.22. The van der Waals surface area contributed by atoms with Crippen LogP contribution < -0.4 is 5.32 Å². The minimum Gasteiger partial charge on any atom is -0.356 e. The summed E-state index contributed by atoms with van der Waals surface area (Å²) in [6.45, 7) is 3.54. The first-order valence-corrected chi connectivity index (χ1v) is 11.5. The molecule has 1 saturated heterocycles. The van der Waals surface area contributed by atoms with Crippen molar-refractivity contribution in [3.8, 4) is 0 Å². The number of amides is 1. The number of rotatable bonds is 5. The van der Waals surface area contributed by atoms with Crippen molar-refractivity contribution >= 4 is 41.0 Å². The van der Waals surface area contributed by atoms with Crippen LogP contribution in [0, 0.1) is 5.92 Å². The minimum absolute atomic E-state index is 0.117. The van der Waals surface area contributed by atoms with E-state index in [4.69, 9.17) is 0 Å². The topological polar surface area (TPSA) is 63.2 Å². The van der Waals surface area contributed by atoms with E-state index in [-0.39, 0.29) is 28.7 Å². The lowest BCUT2D eigenvalue weighted by molar-refractivity contribution is -0.123. The van der Waals surface area contributed by atoms with Crippen LogP contribution in [0.3, 0.4) is 0 Å². The lowest BCUT2D eigenvalue weighted by atomic mass is 9.86. The van der Waals surface area contributed by atoms with Crippen molar-refractivity contribution in [1.29, 1.82) is 0 Å². The Morgan fingerprint density at radius 2 is 2.00 bits per heavy atom. The Morgan fingerprint density at radius 1 is 1.33 bits per heavy atom. The molecule has 1 N–H and O–H groups in total. The Hall–Kier alpha value is -0.900. The number of halogens is 3. The van der Waals surface area contributed by atoms with Gasteiger partial charge in [-0.2, -0.15) is 8.78 Å². The fourth-order valence-corrected chi connectivity index (χ4v) is 5.38. The van der Waals surface area contributed by atoms with E-state index in [1.807, 2.05) is 0 Å². The smallest absolute Gasteiger partial charge is 0.316 e. The highest BCUT2D eigenvalue weighted by Gasteiger charge is 2.44. The van der Waals surface area contributed by atoms with Gasteiger partial charge in [0.1, 0.15) is 0 Å². The summed E-state index contributed by atoms with van der Waals surface area (Å²) < 4.78 is 52.9. The van der Waals surface area contributed by atoms with Gasteiger partial charge in [0.25, 0.3) is 0 Å². The third-order valence-electron chi connectivity index (χ3n) is 4.56. The van der Waals surface area contributed by atoms with E-state index in [2.05, 4.69) is 9.83 Å². The Labute approximate surface area is 150 Å². The largest absolute Gasteiger partial charge is 0.356 e. The quantitative estimate of drug-likeness (QED) is 0.530. The van der Waals surface area contributed by atoms with Gasteiger partial charge in [-0.15, -0.1) is 0 Å². The average Bonchev–Trinajstić information content (AvgIpc) is 2.54. The molecule has 1 aromatic rings. The maximum Gasteiger partial charge on any atom is 0.316 e. The molecule has 24 heavy (non-hydrogen) atoms. The van der Waals surface area contributed by atoms with Crippen LogP contribution >= 0.6 is 20.7 Å². The van der Waals surface area contributed by atoms with E-state index >= 15 is 0 Å². The number of alkyl halides is 3. The molecular formula is C16H20F2INO3S. The molecule has 2 rings (SSSR count). The normalized spacial score (nSPS) is 19.8. The molecule has 8 heteroatoms. The molecule has 1 amide bonds. The molecule has 0 spiro atoms. The molecule has 1 aliphatic heterocycles. The number of piperidine rings is 1. The number of carbonyl (C=O) groups is 1. The molecule has 0 aromatic heterocycles. The molecule has 0 bridgehead atoms. The zero-order valence-corrected chi connectivity index (χ0v) is 16.5. The highest BCUT2D eigenvalue weighted by atomic mass is 127. The summed E-state index contributed by atoms with van der Waals surface area (Å²) in [4.78, 5) is 11.5. The average molecular weight is 471 g/mol. The molecule has 0 aliphatic carbocycles. The summed E-state index contributed by atoms with van der Waals surface area (Å²) in [6, 6.07) is 4.94. The van der Waals surface area contributed by atoms with Crippen LogP contribution in [0.5, 0.6) is 0 Å². The van der Waals surface area contributed by atoms with Gasteiger partial charge in [-0.25, -0.2) is 8.42 Å².